The summed E-state index contributed by atoms with van der Waals surface area (Å²) in [5, 5.41) is 0. The maximum Gasteiger partial charge on any atom is 0.410 e. The van der Waals surface area contributed by atoms with E-state index in [0.717, 1.165) is 0 Å². The molecule has 4 nitrogen and oxygen atoms in total. The molecule has 0 spiro atoms. The molecular weight excluding hydrogens is 194 g/mol. The molecule has 0 aromatic carbocycles. The molecule has 0 fully saturated rings. The van der Waals surface area contributed by atoms with E-state index in [0.29, 0.717) is 19.5 Å². The molecule has 0 atom stereocenters. The van der Waals surface area contributed by atoms with E-state index in [2.05, 4.69) is 0 Å². The fourth-order valence-corrected chi connectivity index (χ4v) is 0.997. The molecule has 0 rings (SSSR count). The van der Waals surface area contributed by atoms with Crippen molar-refractivity contribution >= 4 is 11.9 Å². The molecule has 0 unspecified atom stereocenters. The predicted molar refractivity (Wildman–Crippen MR) is 58.8 cm³/mol. The molecule has 0 heterocycles. The van der Waals surface area contributed by atoms with Crippen LogP contribution in [-0.2, 0) is 9.53 Å². The van der Waals surface area contributed by atoms with Gasteiger partial charge in [0.25, 0.3) is 0 Å². The van der Waals surface area contributed by atoms with Crippen molar-refractivity contribution in [1.29, 1.82) is 0 Å². The second-order valence-electron chi connectivity index (χ2n) is 4.51. The zero-order chi connectivity index (χ0) is 12.1. The molecule has 1 amide bonds. The lowest BCUT2D eigenvalue weighted by Crippen LogP contribution is -2.37. The Bertz CT molecular complexity index is 230. The molecule has 0 radical (unpaired) electrons. The molecule has 0 bridgehead atoms. The van der Waals surface area contributed by atoms with Crippen molar-refractivity contribution in [3.8, 4) is 0 Å². The van der Waals surface area contributed by atoms with E-state index >= 15 is 0 Å². The van der Waals surface area contributed by atoms with Crippen molar-refractivity contribution in [2.24, 2.45) is 0 Å². The van der Waals surface area contributed by atoms with Crippen molar-refractivity contribution in [1.82, 2.24) is 4.90 Å². The molecule has 0 aliphatic heterocycles. The minimum absolute atomic E-state index is 0.0806. The van der Waals surface area contributed by atoms with Crippen molar-refractivity contribution < 1.29 is 14.3 Å². The van der Waals surface area contributed by atoms with E-state index in [1.54, 1.807) is 0 Å². The molecule has 0 aromatic heterocycles. The topological polar surface area (TPSA) is 46.6 Å². The van der Waals surface area contributed by atoms with Crippen molar-refractivity contribution in [2.75, 3.05) is 13.1 Å². The molecular formula is C11H21NO3. The van der Waals surface area contributed by atoms with Crippen LogP contribution < -0.4 is 0 Å². The Hall–Kier alpha value is -1.06. The van der Waals surface area contributed by atoms with Crippen LogP contribution in [-0.4, -0.2) is 35.5 Å². The number of ketones is 1. The van der Waals surface area contributed by atoms with Gasteiger partial charge in [-0.25, -0.2) is 4.79 Å². The van der Waals surface area contributed by atoms with Crippen molar-refractivity contribution in [3.05, 3.63) is 0 Å². The first kappa shape index (κ1) is 13.9. The third kappa shape index (κ3) is 6.94. The fourth-order valence-electron chi connectivity index (χ4n) is 0.997. The van der Waals surface area contributed by atoms with Gasteiger partial charge in [-0.1, -0.05) is 0 Å². The Morgan fingerprint density at radius 1 is 1.27 bits per heavy atom. The van der Waals surface area contributed by atoms with Crippen LogP contribution in [0.15, 0.2) is 0 Å². The number of hydrogen-bond donors (Lipinski definition) is 0. The minimum atomic E-state index is -0.485. The molecule has 0 saturated carbocycles. The maximum atomic E-state index is 11.6. The highest BCUT2D eigenvalue weighted by atomic mass is 16.6. The molecule has 0 aliphatic rings. The molecule has 15 heavy (non-hydrogen) atoms. The van der Waals surface area contributed by atoms with Crippen molar-refractivity contribution in [2.45, 2.75) is 46.6 Å². The average molecular weight is 215 g/mol. The molecule has 0 saturated heterocycles. The summed E-state index contributed by atoms with van der Waals surface area (Å²) in [4.78, 5) is 23.9. The van der Waals surface area contributed by atoms with Gasteiger partial charge in [0.2, 0.25) is 0 Å². The van der Waals surface area contributed by atoms with Gasteiger partial charge in [0, 0.05) is 19.5 Å². The average Bonchev–Trinajstić information content (AvgIpc) is 2.01. The maximum absolute atomic E-state index is 11.6. The van der Waals surface area contributed by atoms with Crippen LogP contribution in [0.5, 0.6) is 0 Å². The zero-order valence-electron chi connectivity index (χ0n) is 10.3. The summed E-state index contributed by atoms with van der Waals surface area (Å²) in [5.74, 6) is 0.0806. The van der Waals surface area contributed by atoms with E-state index < -0.39 is 5.60 Å². The third-order valence-corrected chi connectivity index (χ3v) is 1.77. The second kappa shape index (κ2) is 5.73. The Balaban J connectivity index is 4.16. The van der Waals surface area contributed by atoms with Gasteiger partial charge >= 0.3 is 6.09 Å². The first-order valence-corrected chi connectivity index (χ1v) is 5.23. The van der Waals surface area contributed by atoms with Gasteiger partial charge < -0.3 is 9.64 Å². The first-order chi connectivity index (χ1) is 6.76. The summed E-state index contributed by atoms with van der Waals surface area (Å²) in [5.41, 5.74) is -0.485. The monoisotopic (exact) mass is 215 g/mol. The van der Waals surface area contributed by atoms with E-state index in [-0.39, 0.29) is 11.9 Å². The Kier molecular flexibility index (Phi) is 5.33. The van der Waals surface area contributed by atoms with Crippen LogP contribution >= 0.6 is 0 Å². The summed E-state index contributed by atoms with van der Waals surface area (Å²) in [6, 6.07) is 0. The molecule has 0 N–H and O–H groups in total. The number of ether oxygens (including phenoxy) is 1. The summed E-state index contributed by atoms with van der Waals surface area (Å²) >= 11 is 0. The SMILES string of the molecule is CCN(CCC(C)=O)C(=O)OC(C)(C)C. The lowest BCUT2D eigenvalue weighted by molar-refractivity contribution is -0.117. The number of Topliss-reactive ketones (excluding diaryl/α,β-unsaturated/α-hetero) is 1. The first-order valence-electron chi connectivity index (χ1n) is 5.23. The van der Waals surface area contributed by atoms with Gasteiger partial charge in [-0.3, -0.25) is 4.79 Å². The summed E-state index contributed by atoms with van der Waals surface area (Å²) in [7, 11) is 0. The summed E-state index contributed by atoms with van der Waals surface area (Å²) in [6.07, 6.45) is 0.0267. The zero-order valence-corrected chi connectivity index (χ0v) is 10.3. The smallest absolute Gasteiger partial charge is 0.410 e. The molecule has 4 heteroatoms. The van der Waals surface area contributed by atoms with E-state index in [1.807, 2.05) is 27.7 Å². The number of carbonyl (C=O) groups excluding carboxylic acids is 2. The van der Waals surface area contributed by atoms with Gasteiger partial charge in [0.15, 0.2) is 0 Å². The van der Waals surface area contributed by atoms with Crippen LogP contribution in [0.4, 0.5) is 4.79 Å². The highest BCUT2D eigenvalue weighted by molar-refractivity contribution is 5.76. The third-order valence-electron chi connectivity index (χ3n) is 1.77. The van der Waals surface area contributed by atoms with Gasteiger partial charge in [-0.2, -0.15) is 0 Å². The van der Waals surface area contributed by atoms with E-state index in [1.165, 1.54) is 11.8 Å². The molecule has 0 aliphatic carbocycles. The summed E-state index contributed by atoms with van der Waals surface area (Å²) in [6.45, 7) is 9.84. The number of hydrogen-bond acceptors (Lipinski definition) is 3. The van der Waals surface area contributed by atoms with Crippen LogP contribution in [0.3, 0.4) is 0 Å². The normalized spacial score (nSPS) is 11.0. The quantitative estimate of drug-likeness (QED) is 0.722. The number of rotatable bonds is 4. The largest absolute Gasteiger partial charge is 0.444 e. The van der Waals surface area contributed by atoms with Gasteiger partial charge in [0.05, 0.1) is 0 Å². The Labute approximate surface area is 91.6 Å². The van der Waals surface area contributed by atoms with Gasteiger partial charge in [-0.15, -0.1) is 0 Å². The van der Waals surface area contributed by atoms with Crippen LogP contribution in [0.2, 0.25) is 0 Å². The second-order valence-corrected chi connectivity index (χ2v) is 4.51. The summed E-state index contributed by atoms with van der Waals surface area (Å²) < 4.78 is 5.20. The lowest BCUT2D eigenvalue weighted by Gasteiger charge is -2.26. The minimum Gasteiger partial charge on any atom is -0.444 e. The Morgan fingerprint density at radius 3 is 2.13 bits per heavy atom. The standard InChI is InChI=1S/C11H21NO3/c1-6-12(8-7-9(2)13)10(14)15-11(3,4)5/h6-8H2,1-5H3. The molecule has 0 aromatic rings. The van der Waals surface area contributed by atoms with Gasteiger partial charge in [0.1, 0.15) is 11.4 Å². The number of nitrogens with zero attached hydrogens (tertiary/aromatic N) is 1. The Morgan fingerprint density at radius 2 is 1.80 bits per heavy atom. The van der Waals surface area contributed by atoms with Gasteiger partial charge in [-0.05, 0) is 34.6 Å². The fraction of sp³-hybridized carbons (Fsp3) is 0.818. The van der Waals surface area contributed by atoms with E-state index in [4.69, 9.17) is 4.74 Å². The highest BCUT2D eigenvalue weighted by Gasteiger charge is 2.20. The lowest BCUT2D eigenvalue weighted by atomic mass is 10.2. The number of carbonyl (C=O) groups is 2. The van der Waals surface area contributed by atoms with E-state index in [9.17, 15) is 9.59 Å². The van der Waals surface area contributed by atoms with Crippen molar-refractivity contribution in [3.63, 3.8) is 0 Å². The van der Waals surface area contributed by atoms with Crippen LogP contribution in [0.1, 0.15) is 41.0 Å². The number of amides is 1. The highest BCUT2D eigenvalue weighted by Crippen LogP contribution is 2.10. The molecule has 88 valence electrons. The van der Waals surface area contributed by atoms with Crippen LogP contribution in [0, 0.1) is 0 Å². The van der Waals surface area contributed by atoms with Crippen LogP contribution in [0.25, 0.3) is 0 Å². The predicted octanol–water partition coefficient (Wildman–Crippen LogP) is 2.22.